The molecule has 18 heavy (non-hydrogen) atoms. The fraction of sp³-hybridized carbons (Fsp3) is 0.692. The van der Waals surface area contributed by atoms with Crippen molar-refractivity contribution in [3.8, 4) is 11.8 Å². The molecule has 0 aliphatic rings. The van der Waals surface area contributed by atoms with Crippen LogP contribution >= 0.6 is 0 Å². The molecular weight excluding hydrogens is 232 g/mol. The first-order valence-electron chi connectivity index (χ1n) is 5.91. The molecule has 0 saturated carbocycles. The first kappa shape index (κ1) is 16.3. The second-order valence-electron chi connectivity index (χ2n) is 4.89. The van der Waals surface area contributed by atoms with Crippen molar-refractivity contribution in [2.24, 2.45) is 0 Å². The zero-order valence-corrected chi connectivity index (χ0v) is 11.8. The Balaban J connectivity index is 3.82. The maximum Gasteiger partial charge on any atom is 0.410 e. The topological polar surface area (TPSA) is 58.6 Å². The number of rotatable bonds is 4. The highest BCUT2D eigenvalue weighted by molar-refractivity contribution is 5.93. The molecule has 0 aromatic heterocycles. The standard InChI is InChI=1S/C13H22N2O3/c1-6-8-11(16)14-9-7-10-15(5)12(17)18-13(2,3)4/h7,9-10H2,1-5H3,(H,14,16). The van der Waals surface area contributed by atoms with Crippen molar-refractivity contribution in [3.05, 3.63) is 0 Å². The van der Waals surface area contributed by atoms with Crippen molar-refractivity contribution in [1.29, 1.82) is 0 Å². The van der Waals surface area contributed by atoms with Crippen molar-refractivity contribution in [2.45, 2.75) is 39.7 Å². The molecule has 0 aromatic rings. The summed E-state index contributed by atoms with van der Waals surface area (Å²) in [6.45, 7) is 8.08. The van der Waals surface area contributed by atoms with Gasteiger partial charge in [-0.2, -0.15) is 0 Å². The van der Waals surface area contributed by atoms with Crippen LogP contribution in [0, 0.1) is 11.8 Å². The summed E-state index contributed by atoms with van der Waals surface area (Å²) in [6, 6.07) is 0. The Morgan fingerprint density at radius 2 is 1.94 bits per heavy atom. The molecule has 0 aliphatic carbocycles. The molecule has 0 radical (unpaired) electrons. The van der Waals surface area contributed by atoms with E-state index in [9.17, 15) is 9.59 Å². The van der Waals surface area contributed by atoms with Gasteiger partial charge in [0, 0.05) is 20.1 Å². The van der Waals surface area contributed by atoms with Gasteiger partial charge in [-0.05, 0) is 40.0 Å². The van der Waals surface area contributed by atoms with Crippen LogP contribution in [0.2, 0.25) is 0 Å². The molecule has 0 aliphatic heterocycles. The van der Waals surface area contributed by atoms with Crippen LogP contribution in [0.5, 0.6) is 0 Å². The van der Waals surface area contributed by atoms with E-state index in [1.165, 1.54) is 4.90 Å². The third-order valence-electron chi connectivity index (χ3n) is 1.90. The van der Waals surface area contributed by atoms with E-state index in [0.717, 1.165) is 0 Å². The largest absolute Gasteiger partial charge is 0.444 e. The van der Waals surface area contributed by atoms with Gasteiger partial charge in [-0.25, -0.2) is 4.79 Å². The van der Waals surface area contributed by atoms with Crippen molar-refractivity contribution < 1.29 is 14.3 Å². The summed E-state index contributed by atoms with van der Waals surface area (Å²) in [5.41, 5.74) is -0.490. The van der Waals surface area contributed by atoms with Crippen LogP contribution in [0.15, 0.2) is 0 Å². The number of hydrogen-bond acceptors (Lipinski definition) is 3. The molecule has 2 amide bonds. The van der Waals surface area contributed by atoms with Gasteiger partial charge in [0.2, 0.25) is 0 Å². The smallest absolute Gasteiger partial charge is 0.410 e. The van der Waals surface area contributed by atoms with E-state index in [1.807, 2.05) is 20.8 Å². The summed E-state index contributed by atoms with van der Waals surface area (Å²) in [7, 11) is 1.67. The lowest BCUT2D eigenvalue weighted by atomic mass is 10.2. The summed E-state index contributed by atoms with van der Waals surface area (Å²) < 4.78 is 5.19. The van der Waals surface area contributed by atoms with E-state index in [1.54, 1.807) is 14.0 Å². The quantitative estimate of drug-likeness (QED) is 0.609. The van der Waals surface area contributed by atoms with Crippen molar-refractivity contribution in [3.63, 3.8) is 0 Å². The highest BCUT2D eigenvalue weighted by Crippen LogP contribution is 2.08. The Morgan fingerprint density at radius 3 is 2.44 bits per heavy atom. The third kappa shape index (κ3) is 8.45. The number of hydrogen-bond donors (Lipinski definition) is 1. The Kier molecular flexibility index (Phi) is 6.88. The maximum absolute atomic E-state index is 11.6. The first-order valence-corrected chi connectivity index (χ1v) is 5.91. The van der Waals surface area contributed by atoms with Gasteiger partial charge in [0.25, 0.3) is 5.91 Å². The van der Waals surface area contributed by atoms with Gasteiger partial charge in [0.15, 0.2) is 0 Å². The van der Waals surface area contributed by atoms with Gasteiger partial charge in [-0.1, -0.05) is 5.92 Å². The lowest BCUT2D eigenvalue weighted by Gasteiger charge is -2.24. The normalized spacial score (nSPS) is 10.1. The first-order chi connectivity index (χ1) is 8.26. The van der Waals surface area contributed by atoms with Crippen LogP contribution < -0.4 is 5.32 Å². The van der Waals surface area contributed by atoms with Gasteiger partial charge in [-0.15, -0.1) is 0 Å². The molecule has 0 aromatic carbocycles. The van der Waals surface area contributed by atoms with Crippen LogP contribution in [0.25, 0.3) is 0 Å². The molecule has 5 heteroatoms. The SMILES string of the molecule is CC#CC(=O)NCCCN(C)C(=O)OC(C)(C)C. The van der Waals surface area contributed by atoms with Crippen LogP contribution in [0.1, 0.15) is 34.1 Å². The highest BCUT2D eigenvalue weighted by Gasteiger charge is 2.18. The van der Waals surface area contributed by atoms with Crippen LogP contribution in [0.4, 0.5) is 4.79 Å². The molecule has 1 N–H and O–H groups in total. The van der Waals surface area contributed by atoms with Crippen LogP contribution in [-0.2, 0) is 9.53 Å². The minimum absolute atomic E-state index is 0.294. The van der Waals surface area contributed by atoms with E-state index in [4.69, 9.17) is 4.74 Å². The average Bonchev–Trinajstić information content (AvgIpc) is 2.22. The molecule has 0 atom stereocenters. The van der Waals surface area contributed by atoms with Crippen molar-refractivity contribution in [1.82, 2.24) is 10.2 Å². The van der Waals surface area contributed by atoms with Gasteiger partial charge in [-0.3, -0.25) is 4.79 Å². The van der Waals surface area contributed by atoms with Crippen molar-refractivity contribution in [2.75, 3.05) is 20.1 Å². The highest BCUT2D eigenvalue weighted by atomic mass is 16.6. The minimum Gasteiger partial charge on any atom is -0.444 e. The molecule has 0 rings (SSSR count). The average molecular weight is 254 g/mol. The second-order valence-corrected chi connectivity index (χ2v) is 4.89. The number of nitrogens with one attached hydrogen (secondary N) is 1. The van der Waals surface area contributed by atoms with Gasteiger partial charge in [0.1, 0.15) is 5.60 Å². The third-order valence-corrected chi connectivity index (χ3v) is 1.90. The molecule has 0 saturated heterocycles. The monoisotopic (exact) mass is 254 g/mol. The summed E-state index contributed by atoms with van der Waals surface area (Å²) in [5, 5.41) is 2.63. The molecule has 102 valence electrons. The lowest BCUT2D eigenvalue weighted by Crippen LogP contribution is -2.36. The summed E-state index contributed by atoms with van der Waals surface area (Å²) >= 11 is 0. The molecular formula is C13H22N2O3. The Bertz CT molecular complexity index is 347. The Hall–Kier alpha value is -1.70. The van der Waals surface area contributed by atoms with E-state index in [-0.39, 0.29) is 12.0 Å². The van der Waals surface area contributed by atoms with Gasteiger partial charge < -0.3 is 15.0 Å². The zero-order chi connectivity index (χ0) is 14.2. The molecule has 0 unspecified atom stereocenters. The predicted molar refractivity (Wildman–Crippen MR) is 69.9 cm³/mol. The molecule has 0 heterocycles. The number of amides is 2. The van der Waals surface area contributed by atoms with Gasteiger partial charge >= 0.3 is 6.09 Å². The summed E-state index contributed by atoms with van der Waals surface area (Å²) in [5.74, 6) is 4.60. The lowest BCUT2D eigenvalue weighted by molar-refractivity contribution is -0.115. The molecule has 0 fully saturated rings. The minimum atomic E-state index is -0.490. The van der Waals surface area contributed by atoms with Gasteiger partial charge in [0.05, 0.1) is 0 Å². The molecule has 5 nitrogen and oxygen atoms in total. The Morgan fingerprint density at radius 1 is 1.33 bits per heavy atom. The summed E-state index contributed by atoms with van der Waals surface area (Å²) in [4.78, 5) is 24.1. The second kappa shape index (κ2) is 7.59. The van der Waals surface area contributed by atoms with Crippen LogP contribution in [-0.4, -0.2) is 42.6 Å². The predicted octanol–water partition coefficient (Wildman–Crippen LogP) is 1.38. The number of ether oxygens (including phenoxy) is 1. The molecule has 0 bridgehead atoms. The van der Waals surface area contributed by atoms with Crippen molar-refractivity contribution >= 4 is 12.0 Å². The summed E-state index contributed by atoms with van der Waals surface area (Å²) in [6.07, 6.45) is 0.301. The number of carbonyl (C=O) groups excluding carboxylic acids is 2. The number of nitrogens with zero attached hydrogens (tertiary/aromatic N) is 1. The fourth-order valence-electron chi connectivity index (χ4n) is 1.11. The maximum atomic E-state index is 11.6. The van der Waals surface area contributed by atoms with E-state index >= 15 is 0 Å². The van der Waals surface area contributed by atoms with E-state index in [0.29, 0.717) is 19.5 Å². The fourth-order valence-corrected chi connectivity index (χ4v) is 1.11. The number of carbonyl (C=O) groups is 2. The van der Waals surface area contributed by atoms with E-state index < -0.39 is 5.60 Å². The van der Waals surface area contributed by atoms with E-state index in [2.05, 4.69) is 17.2 Å². The Labute approximate surface area is 109 Å². The van der Waals surface area contributed by atoms with Crippen LogP contribution in [0.3, 0.4) is 0 Å². The molecule has 0 spiro atoms. The zero-order valence-electron chi connectivity index (χ0n) is 11.8.